The number of rotatable bonds is 5. The molecule has 0 radical (unpaired) electrons. The molecular weight excluding hydrogens is 282 g/mol. The van der Waals surface area contributed by atoms with Gasteiger partial charge in [0.2, 0.25) is 0 Å². The van der Waals surface area contributed by atoms with Crippen molar-refractivity contribution in [2.75, 3.05) is 12.4 Å². The molecule has 0 bridgehead atoms. The summed E-state index contributed by atoms with van der Waals surface area (Å²) in [6.45, 7) is 0. The summed E-state index contributed by atoms with van der Waals surface area (Å²) in [5.74, 6) is -2.09. The van der Waals surface area contributed by atoms with Crippen LogP contribution in [0.15, 0.2) is 12.1 Å². The Bertz CT molecular complexity index is 394. The number of Topliss-reactive ketones (excluding diaryl/α,β-unsaturated/α-hetero) is 1. The Morgan fingerprint density at radius 1 is 1.38 bits per heavy atom. The molecule has 0 aliphatic carbocycles. The SMILES string of the molecule is COc1cc(F)c(C(=O)CCCBr)cc1F. The van der Waals surface area contributed by atoms with Crippen molar-refractivity contribution in [2.24, 2.45) is 0 Å². The molecule has 2 nitrogen and oxygen atoms in total. The number of hydrogen-bond acceptors (Lipinski definition) is 2. The molecule has 0 heterocycles. The summed E-state index contributed by atoms with van der Waals surface area (Å²) in [6.07, 6.45) is 0.778. The molecule has 1 rings (SSSR count). The third-order valence-electron chi connectivity index (χ3n) is 2.08. The highest BCUT2D eigenvalue weighted by Crippen LogP contribution is 2.22. The van der Waals surface area contributed by atoms with Gasteiger partial charge in [-0.2, -0.15) is 0 Å². The van der Waals surface area contributed by atoms with Crippen molar-refractivity contribution in [3.63, 3.8) is 0 Å². The van der Waals surface area contributed by atoms with Gasteiger partial charge in [-0.3, -0.25) is 4.79 Å². The van der Waals surface area contributed by atoms with Gasteiger partial charge in [0.1, 0.15) is 5.82 Å². The minimum absolute atomic E-state index is 0.188. The van der Waals surface area contributed by atoms with Crippen LogP contribution in [-0.4, -0.2) is 18.2 Å². The van der Waals surface area contributed by atoms with Gasteiger partial charge in [0, 0.05) is 17.8 Å². The van der Waals surface area contributed by atoms with Gasteiger partial charge >= 0.3 is 0 Å². The van der Waals surface area contributed by atoms with Crippen LogP contribution in [0.1, 0.15) is 23.2 Å². The Balaban J connectivity index is 2.97. The zero-order valence-corrected chi connectivity index (χ0v) is 10.3. The first-order valence-electron chi connectivity index (χ1n) is 4.72. The van der Waals surface area contributed by atoms with Crippen LogP contribution in [-0.2, 0) is 0 Å². The summed E-state index contributed by atoms with van der Waals surface area (Å²) in [5.41, 5.74) is -0.223. The van der Waals surface area contributed by atoms with E-state index in [1.165, 1.54) is 7.11 Å². The number of ether oxygens (including phenoxy) is 1. The minimum Gasteiger partial charge on any atom is -0.494 e. The van der Waals surface area contributed by atoms with E-state index in [1.807, 2.05) is 0 Å². The monoisotopic (exact) mass is 292 g/mol. The van der Waals surface area contributed by atoms with Crippen LogP contribution in [0.2, 0.25) is 0 Å². The maximum absolute atomic E-state index is 13.4. The van der Waals surface area contributed by atoms with Crippen LogP contribution in [0.25, 0.3) is 0 Å². The Kier molecular flexibility index (Phi) is 4.86. The summed E-state index contributed by atoms with van der Waals surface area (Å²) in [4.78, 5) is 11.5. The van der Waals surface area contributed by atoms with E-state index in [-0.39, 0.29) is 17.7 Å². The molecule has 0 unspecified atom stereocenters. The van der Waals surface area contributed by atoms with Gasteiger partial charge in [0.05, 0.1) is 12.7 Å². The van der Waals surface area contributed by atoms with Crippen LogP contribution in [0.5, 0.6) is 5.75 Å². The lowest BCUT2D eigenvalue weighted by Gasteiger charge is -2.06. The Hall–Kier alpha value is -0.970. The molecule has 0 saturated carbocycles. The van der Waals surface area contributed by atoms with E-state index >= 15 is 0 Å². The summed E-state index contributed by atoms with van der Waals surface area (Å²) in [5, 5.41) is 0.652. The standard InChI is InChI=1S/C11H11BrF2O2/c1-16-11-6-8(13)7(5-9(11)14)10(15)3-2-4-12/h5-6H,2-4H2,1H3. The number of hydrogen-bond donors (Lipinski definition) is 0. The number of benzene rings is 1. The van der Waals surface area contributed by atoms with Crippen molar-refractivity contribution in [3.8, 4) is 5.75 Å². The molecule has 88 valence electrons. The van der Waals surface area contributed by atoms with E-state index in [0.29, 0.717) is 11.8 Å². The van der Waals surface area contributed by atoms with Crippen molar-refractivity contribution in [1.82, 2.24) is 0 Å². The van der Waals surface area contributed by atoms with Crippen LogP contribution in [0, 0.1) is 11.6 Å². The lowest BCUT2D eigenvalue weighted by molar-refractivity contribution is 0.0977. The molecule has 0 aliphatic rings. The normalized spacial score (nSPS) is 10.2. The van der Waals surface area contributed by atoms with Crippen LogP contribution < -0.4 is 4.74 Å². The average Bonchev–Trinajstić information content (AvgIpc) is 2.28. The zero-order chi connectivity index (χ0) is 12.1. The lowest BCUT2D eigenvalue weighted by Crippen LogP contribution is -2.04. The molecular formula is C11H11BrF2O2. The number of carbonyl (C=O) groups excluding carboxylic acids is 1. The number of methoxy groups -OCH3 is 1. The van der Waals surface area contributed by atoms with Crippen molar-refractivity contribution < 1.29 is 18.3 Å². The van der Waals surface area contributed by atoms with Crippen molar-refractivity contribution in [1.29, 1.82) is 0 Å². The molecule has 0 atom stereocenters. The highest BCUT2D eigenvalue weighted by atomic mass is 79.9. The largest absolute Gasteiger partial charge is 0.494 e. The van der Waals surface area contributed by atoms with E-state index in [1.54, 1.807) is 0 Å². The second-order valence-electron chi connectivity index (χ2n) is 3.18. The number of alkyl halides is 1. The number of ketones is 1. The van der Waals surface area contributed by atoms with Crippen molar-refractivity contribution in [2.45, 2.75) is 12.8 Å². The van der Waals surface area contributed by atoms with Crippen molar-refractivity contribution >= 4 is 21.7 Å². The fourth-order valence-electron chi connectivity index (χ4n) is 1.26. The molecule has 5 heteroatoms. The molecule has 0 spiro atoms. The summed E-state index contributed by atoms with van der Waals surface area (Å²) >= 11 is 3.17. The third kappa shape index (κ3) is 3.01. The summed E-state index contributed by atoms with van der Waals surface area (Å²) < 4.78 is 31.3. The highest BCUT2D eigenvalue weighted by Gasteiger charge is 2.15. The third-order valence-corrected chi connectivity index (χ3v) is 2.64. The second-order valence-corrected chi connectivity index (χ2v) is 3.98. The first kappa shape index (κ1) is 13.1. The van der Waals surface area contributed by atoms with Crippen molar-refractivity contribution in [3.05, 3.63) is 29.3 Å². The van der Waals surface area contributed by atoms with E-state index in [2.05, 4.69) is 20.7 Å². The highest BCUT2D eigenvalue weighted by molar-refractivity contribution is 9.09. The predicted octanol–water partition coefficient (Wildman–Crippen LogP) is 3.33. The lowest BCUT2D eigenvalue weighted by atomic mass is 10.1. The van der Waals surface area contributed by atoms with E-state index in [0.717, 1.165) is 12.1 Å². The van der Waals surface area contributed by atoms with Crippen LogP contribution in [0.4, 0.5) is 8.78 Å². The molecule has 0 N–H and O–H groups in total. The Morgan fingerprint density at radius 3 is 2.62 bits per heavy atom. The molecule has 0 fully saturated rings. The number of halogens is 3. The average molecular weight is 293 g/mol. The minimum atomic E-state index is -0.752. The van der Waals surface area contributed by atoms with E-state index < -0.39 is 17.4 Å². The molecule has 0 saturated heterocycles. The zero-order valence-electron chi connectivity index (χ0n) is 8.73. The van der Waals surface area contributed by atoms with E-state index in [9.17, 15) is 13.6 Å². The predicted molar refractivity (Wildman–Crippen MR) is 60.3 cm³/mol. The van der Waals surface area contributed by atoms with Gasteiger partial charge < -0.3 is 4.74 Å². The first-order valence-corrected chi connectivity index (χ1v) is 5.84. The first-order chi connectivity index (χ1) is 7.60. The molecule has 0 aromatic heterocycles. The molecule has 16 heavy (non-hydrogen) atoms. The second kappa shape index (κ2) is 5.94. The van der Waals surface area contributed by atoms with Gasteiger partial charge in [-0.05, 0) is 12.5 Å². The number of carbonyl (C=O) groups is 1. The molecule has 1 aromatic carbocycles. The van der Waals surface area contributed by atoms with Gasteiger partial charge in [0.15, 0.2) is 17.3 Å². The fourth-order valence-corrected chi connectivity index (χ4v) is 1.54. The Labute approximate surface area is 101 Å². The molecule has 0 aliphatic heterocycles. The van der Waals surface area contributed by atoms with E-state index in [4.69, 9.17) is 0 Å². The van der Waals surface area contributed by atoms with Gasteiger partial charge in [-0.1, -0.05) is 15.9 Å². The summed E-state index contributed by atoms with van der Waals surface area (Å²) in [6, 6.07) is 1.77. The maximum Gasteiger partial charge on any atom is 0.165 e. The summed E-state index contributed by atoms with van der Waals surface area (Å²) in [7, 11) is 1.24. The molecule has 0 amide bonds. The quantitative estimate of drug-likeness (QED) is 0.615. The fraction of sp³-hybridized carbons (Fsp3) is 0.364. The Morgan fingerprint density at radius 2 is 2.06 bits per heavy atom. The van der Waals surface area contributed by atoms with Gasteiger partial charge in [0.25, 0.3) is 0 Å². The maximum atomic E-state index is 13.4. The topological polar surface area (TPSA) is 26.3 Å². The molecule has 1 aromatic rings. The van der Waals surface area contributed by atoms with Crippen LogP contribution >= 0.6 is 15.9 Å². The van der Waals surface area contributed by atoms with Crippen LogP contribution in [0.3, 0.4) is 0 Å². The van der Waals surface area contributed by atoms with Gasteiger partial charge in [-0.25, -0.2) is 8.78 Å². The van der Waals surface area contributed by atoms with Gasteiger partial charge in [-0.15, -0.1) is 0 Å². The smallest absolute Gasteiger partial charge is 0.165 e.